The molecule has 2 rings (SSSR count). The smallest absolute Gasteiger partial charge is 0.0789 e. The zero-order chi connectivity index (χ0) is 13.7. The van der Waals surface area contributed by atoms with Gasteiger partial charge in [0, 0.05) is 23.7 Å². The van der Waals surface area contributed by atoms with E-state index in [4.69, 9.17) is 11.6 Å². The van der Waals surface area contributed by atoms with Gasteiger partial charge in [0.25, 0.3) is 0 Å². The lowest BCUT2D eigenvalue weighted by Gasteiger charge is -2.08. The van der Waals surface area contributed by atoms with Crippen molar-refractivity contribution in [2.75, 3.05) is 13.1 Å². The first-order valence-electron chi connectivity index (χ1n) is 6.69. The molecule has 0 unspecified atom stereocenters. The van der Waals surface area contributed by atoms with E-state index in [9.17, 15) is 0 Å². The number of benzene rings is 1. The van der Waals surface area contributed by atoms with Crippen LogP contribution in [0.25, 0.3) is 17.0 Å². The zero-order valence-corrected chi connectivity index (χ0v) is 12.2. The Hall–Kier alpha value is -1.38. The normalized spacial score (nSPS) is 12.1. The SMILES string of the molecule is CCNC/C(=C/c1ccc(Cl)c2cccnc12)CC. The first kappa shape index (κ1) is 14.0. The van der Waals surface area contributed by atoms with Gasteiger partial charge in [0.1, 0.15) is 0 Å². The summed E-state index contributed by atoms with van der Waals surface area (Å²) in [6.07, 6.45) is 5.06. The molecule has 19 heavy (non-hydrogen) atoms. The molecule has 0 aliphatic carbocycles. The molecule has 1 N–H and O–H groups in total. The fourth-order valence-electron chi connectivity index (χ4n) is 2.06. The summed E-state index contributed by atoms with van der Waals surface area (Å²) in [4.78, 5) is 4.46. The minimum atomic E-state index is 0.755. The summed E-state index contributed by atoms with van der Waals surface area (Å²) < 4.78 is 0. The van der Waals surface area contributed by atoms with Crippen molar-refractivity contribution in [3.63, 3.8) is 0 Å². The predicted molar refractivity (Wildman–Crippen MR) is 83.6 cm³/mol. The molecule has 3 heteroatoms. The molecule has 0 spiro atoms. The number of nitrogens with zero attached hydrogens (tertiary/aromatic N) is 1. The second-order valence-electron chi connectivity index (χ2n) is 4.47. The summed E-state index contributed by atoms with van der Waals surface area (Å²) in [6, 6.07) is 7.91. The Kier molecular flexibility index (Phi) is 4.94. The number of fused-ring (bicyclic) bond motifs is 1. The number of halogens is 1. The third kappa shape index (κ3) is 3.34. The summed E-state index contributed by atoms with van der Waals surface area (Å²) in [5.41, 5.74) is 3.48. The maximum atomic E-state index is 6.21. The van der Waals surface area contributed by atoms with Crippen molar-refractivity contribution in [3.05, 3.63) is 46.6 Å². The van der Waals surface area contributed by atoms with Gasteiger partial charge in [-0.3, -0.25) is 4.98 Å². The third-order valence-electron chi connectivity index (χ3n) is 3.16. The molecule has 2 nitrogen and oxygen atoms in total. The van der Waals surface area contributed by atoms with E-state index < -0.39 is 0 Å². The Bertz CT molecular complexity index is 590. The molecule has 0 radical (unpaired) electrons. The van der Waals surface area contributed by atoms with Gasteiger partial charge in [0.2, 0.25) is 0 Å². The van der Waals surface area contributed by atoms with E-state index >= 15 is 0 Å². The van der Waals surface area contributed by atoms with Crippen LogP contribution in [0.1, 0.15) is 25.8 Å². The van der Waals surface area contributed by atoms with Crippen molar-refractivity contribution in [2.45, 2.75) is 20.3 Å². The lowest BCUT2D eigenvalue weighted by atomic mass is 10.1. The van der Waals surface area contributed by atoms with E-state index in [2.05, 4.69) is 30.2 Å². The van der Waals surface area contributed by atoms with E-state index in [0.29, 0.717) is 0 Å². The predicted octanol–water partition coefficient (Wildman–Crippen LogP) is 4.29. The van der Waals surface area contributed by atoms with Crippen LogP contribution in [0.15, 0.2) is 36.0 Å². The van der Waals surface area contributed by atoms with Crippen molar-refractivity contribution in [1.29, 1.82) is 0 Å². The van der Waals surface area contributed by atoms with E-state index in [1.807, 2.05) is 30.5 Å². The number of rotatable bonds is 5. The van der Waals surface area contributed by atoms with Gasteiger partial charge in [-0.1, -0.05) is 43.2 Å². The Morgan fingerprint density at radius 1 is 1.32 bits per heavy atom. The summed E-state index contributed by atoms with van der Waals surface area (Å²) in [5, 5.41) is 5.13. The van der Waals surface area contributed by atoms with Crippen LogP contribution < -0.4 is 5.32 Å². The van der Waals surface area contributed by atoms with E-state index in [1.165, 1.54) is 5.57 Å². The molecule has 0 saturated carbocycles. The number of likely N-dealkylation sites (N-methyl/N-ethyl adjacent to an activating group) is 1. The molecule has 0 aliphatic rings. The van der Waals surface area contributed by atoms with Crippen molar-refractivity contribution < 1.29 is 0 Å². The molecular weight excluding hydrogens is 256 g/mol. The average molecular weight is 275 g/mol. The van der Waals surface area contributed by atoms with Gasteiger partial charge in [-0.15, -0.1) is 0 Å². The molecule has 0 bridgehead atoms. The van der Waals surface area contributed by atoms with Crippen molar-refractivity contribution in [2.24, 2.45) is 0 Å². The average Bonchev–Trinajstić information content (AvgIpc) is 2.46. The van der Waals surface area contributed by atoms with Gasteiger partial charge in [-0.2, -0.15) is 0 Å². The van der Waals surface area contributed by atoms with Crippen LogP contribution in [-0.2, 0) is 0 Å². The molecule has 2 aromatic rings. The van der Waals surface area contributed by atoms with Crippen LogP contribution in [0.2, 0.25) is 5.02 Å². The lowest BCUT2D eigenvalue weighted by Crippen LogP contribution is -2.15. The van der Waals surface area contributed by atoms with Crippen LogP contribution in [0, 0.1) is 0 Å². The molecule has 1 aromatic heterocycles. The molecule has 1 heterocycles. The highest BCUT2D eigenvalue weighted by Gasteiger charge is 2.04. The van der Waals surface area contributed by atoms with E-state index in [0.717, 1.165) is 41.0 Å². The van der Waals surface area contributed by atoms with Gasteiger partial charge in [0.15, 0.2) is 0 Å². The number of aromatic nitrogens is 1. The highest BCUT2D eigenvalue weighted by molar-refractivity contribution is 6.35. The van der Waals surface area contributed by atoms with Crippen LogP contribution in [0.3, 0.4) is 0 Å². The summed E-state index contributed by atoms with van der Waals surface area (Å²) >= 11 is 6.21. The second-order valence-corrected chi connectivity index (χ2v) is 4.88. The molecule has 0 aliphatic heterocycles. The monoisotopic (exact) mass is 274 g/mol. The Morgan fingerprint density at radius 3 is 2.89 bits per heavy atom. The van der Waals surface area contributed by atoms with Crippen LogP contribution in [0.5, 0.6) is 0 Å². The highest BCUT2D eigenvalue weighted by atomic mass is 35.5. The molecule has 0 saturated heterocycles. The lowest BCUT2D eigenvalue weighted by molar-refractivity contribution is 0.762. The fraction of sp³-hybridized carbons (Fsp3) is 0.312. The van der Waals surface area contributed by atoms with Gasteiger partial charge in [-0.25, -0.2) is 0 Å². The maximum Gasteiger partial charge on any atom is 0.0789 e. The van der Waals surface area contributed by atoms with Crippen molar-refractivity contribution in [1.82, 2.24) is 10.3 Å². The van der Waals surface area contributed by atoms with Crippen molar-refractivity contribution >= 4 is 28.6 Å². The number of pyridine rings is 1. The fourth-order valence-corrected chi connectivity index (χ4v) is 2.28. The molecular formula is C16H19ClN2. The molecule has 0 atom stereocenters. The first-order valence-corrected chi connectivity index (χ1v) is 7.07. The Labute approximate surface area is 119 Å². The minimum absolute atomic E-state index is 0.755. The van der Waals surface area contributed by atoms with Gasteiger partial charge < -0.3 is 5.32 Å². The zero-order valence-electron chi connectivity index (χ0n) is 11.4. The molecule has 1 aromatic carbocycles. The van der Waals surface area contributed by atoms with Crippen LogP contribution in [-0.4, -0.2) is 18.1 Å². The quantitative estimate of drug-likeness (QED) is 0.880. The van der Waals surface area contributed by atoms with Gasteiger partial charge in [-0.05, 0) is 31.2 Å². The second kappa shape index (κ2) is 6.69. The van der Waals surface area contributed by atoms with Gasteiger partial charge in [0.05, 0.1) is 10.5 Å². The molecule has 100 valence electrons. The van der Waals surface area contributed by atoms with E-state index in [1.54, 1.807) is 0 Å². The third-order valence-corrected chi connectivity index (χ3v) is 3.49. The maximum absolute atomic E-state index is 6.21. The van der Waals surface area contributed by atoms with Gasteiger partial charge >= 0.3 is 0 Å². The molecule has 0 amide bonds. The number of hydrogen-bond acceptors (Lipinski definition) is 2. The van der Waals surface area contributed by atoms with Crippen LogP contribution >= 0.6 is 11.6 Å². The summed E-state index contributed by atoms with van der Waals surface area (Å²) in [7, 11) is 0. The standard InChI is InChI=1S/C16H19ClN2/c1-3-12(11-18-4-2)10-13-7-8-15(17)14-6-5-9-19-16(13)14/h5-10,18H,3-4,11H2,1-2H3/b12-10+. The highest BCUT2D eigenvalue weighted by Crippen LogP contribution is 2.26. The minimum Gasteiger partial charge on any atom is -0.313 e. The number of nitrogens with one attached hydrogen (secondary N) is 1. The topological polar surface area (TPSA) is 24.9 Å². The molecule has 0 fully saturated rings. The van der Waals surface area contributed by atoms with Crippen LogP contribution in [0.4, 0.5) is 0 Å². The number of hydrogen-bond donors (Lipinski definition) is 1. The van der Waals surface area contributed by atoms with Crippen molar-refractivity contribution in [3.8, 4) is 0 Å². The Balaban J connectivity index is 2.45. The summed E-state index contributed by atoms with van der Waals surface area (Å²) in [6.45, 7) is 6.20. The van der Waals surface area contributed by atoms with E-state index in [-0.39, 0.29) is 0 Å². The Morgan fingerprint density at radius 2 is 2.16 bits per heavy atom. The largest absolute Gasteiger partial charge is 0.313 e. The first-order chi connectivity index (χ1) is 9.26. The summed E-state index contributed by atoms with van der Waals surface area (Å²) in [5.74, 6) is 0.